The zero-order valence-electron chi connectivity index (χ0n) is 14.2. The van der Waals surface area contributed by atoms with E-state index < -0.39 is 35.0 Å². The number of benzene rings is 1. The fourth-order valence-electron chi connectivity index (χ4n) is 3.15. The Bertz CT molecular complexity index is 844. The van der Waals surface area contributed by atoms with Crippen molar-refractivity contribution >= 4 is 5.91 Å². The zero-order chi connectivity index (χ0) is 19.8. The van der Waals surface area contributed by atoms with Crippen molar-refractivity contribution in [2.75, 3.05) is 0 Å². The normalized spacial score (nSPS) is 15.6. The standard InChI is InChI=1S/C19H17F5N2O/c20-14-5-3-11(17(21)16(14)18(25)27)8-13(7-10-1-2-10)12-4-6-15(26-9-12)19(22,23)24/h3-6,9-10,13H,1-2,7-8H2,(H2,25,27). The van der Waals surface area contributed by atoms with Crippen molar-refractivity contribution in [2.45, 2.75) is 37.8 Å². The molecule has 1 aromatic heterocycles. The van der Waals surface area contributed by atoms with Crippen molar-refractivity contribution in [1.82, 2.24) is 4.98 Å². The number of nitrogens with two attached hydrogens (primary N) is 1. The minimum atomic E-state index is -4.54. The summed E-state index contributed by atoms with van der Waals surface area (Å²) in [5.74, 6) is -3.16. The van der Waals surface area contributed by atoms with Crippen LogP contribution in [0.5, 0.6) is 0 Å². The predicted molar refractivity (Wildman–Crippen MR) is 87.9 cm³/mol. The summed E-state index contributed by atoms with van der Waals surface area (Å²) in [4.78, 5) is 14.8. The fourth-order valence-corrected chi connectivity index (χ4v) is 3.15. The van der Waals surface area contributed by atoms with Crippen LogP contribution in [0.4, 0.5) is 22.0 Å². The Morgan fingerprint density at radius 3 is 2.41 bits per heavy atom. The molecule has 1 aliphatic carbocycles. The minimum Gasteiger partial charge on any atom is -0.365 e. The van der Waals surface area contributed by atoms with Crippen molar-refractivity contribution in [1.29, 1.82) is 0 Å². The van der Waals surface area contributed by atoms with Crippen LogP contribution in [0.25, 0.3) is 0 Å². The number of primary amides is 1. The summed E-state index contributed by atoms with van der Waals surface area (Å²) >= 11 is 0. The number of aromatic nitrogens is 1. The lowest BCUT2D eigenvalue weighted by Gasteiger charge is -2.19. The van der Waals surface area contributed by atoms with Crippen LogP contribution in [0.2, 0.25) is 0 Å². The predicted octanol–water partition coefficient (Wildman–Crippen LogP) is 4.60. The van der Waals surface area contributed by atoms with E-state index >= 15 is 0 Å². The summed E-state index contributed by atoms with van der Waals surface area (Å²) in [7, 11) is 0. The molecule has 0 radical (unpaired) electrons. The quantitative estimate of drug-likeness (QED) is 0.740. The number of rotatable bonds is 6. The number of alkyl halides is 3. The molecule has 3 nitrogen and oxygen atoms in total. The summed E-state index contributed by atoms with van der Waals surface area (Å²) in [5, 5.41) is 0. The molecule has 144 valence electrons. The van der Waals surface area contributed by atoms with E-state index in [1.807, 2.05) is 0 Å². The summed E-state index contributed by atoms with van der Waals surface area (Å²) in [6.07, 6.45) is -0.631. The largest absolute Gasteiger partial charge is 0.433 e. The highest BCUT2D eigenvalue weighted by Crippen LogP contribution is 2.40. The van der Waals surface area contributed by atoms with Gasteiger partial charge >= 0.3 is 6.18 Å². The topological polar surface area (TPSA) is 56.0 Å². The van der Waals surface area contributed by atoms with Crippen LogP contribution in [-0.2, 0) is 12.6 Å². The van der Waals surface area contributed by atoms with Crippen LogP contribution in [0.15, 0.2) is 30.5 Å². The Morgan fingerprint density at radius 1 is 1.19 bits per heavy atom. The molecule has 27 heavy (non-hydrogen) atoms. The first kappa shape index (κ1) is 19.3. The number of halogens is 5. The smallest absolute Gasteiger partial charge is 0.365 e. The first-order chi connectivity index (χ1) is 12.7. The lowest BCUT2D eigenvalue weighted by atomic mass is 9.87. The Labute approximate surface area is 152 Å². The minimum absolute atomic E-state index is 0.0933. The zero-order valence-corrected chi connectivity index (χ0v) is 14.2. The third-order valence-electron chi connectivity index (χ3n) is 4.75. The molecule has 3 rings (SSSR count). The Morgan fingerprint density at radius 2 is 1.89 bits per heavy atom. The van der Waals surface area contributed by atoms with Gasteiger partial charge < -0.3 is 5.73 Å². The second-order valence-electron chi connectivity index (χ2n) is 6.81. The molecule has 1 atom stereocenters. The highest BCUT2D eigenvalue weighted by Gasteiger charge is 2.33. The molecule has 0 aliphatic heterocycles. The van der Waals surface area contributed by atoms with Gasteiger partial charge in [-0.1, -0.05) is 25.0 Å². The number of carbonyl (C=O) groups is 1. The van der Waals surface area contributed by atoms with E-state index in [1.54, 1.807) is 0 Å². The molecule has 1 heterocycles. The summed E-state index contributed by atoms with van der Waals surface area (Å²) < 4.78 is 66.3. The number of nitrogens with zero attached hydrogens (tertiary/aromatic N) is 1. The van der Waals surface area contributed by atoms with Crippen LogP contribution >= 0.6 is 0 Å². The molecule has 0 saturated heterocycles. The van der Waals surface area contributed by atoms with Crippen LogP contribution in [-0.4, -0.2) is 10.9 Å². The number of pyridine rings is 1. The SMILES string of the molecule is NC(=O)c1c(F)ccc(CC(CC2CC2)c2ccc(C(F)(F)F)nc2)c1F. The van der Waals surface area contributed by atoms with Crippen molar-refractivity contribution in [3.63, 3.8) is 0 Å². The summed E-state index contributed by atoms with van der Waals surface area (Å²) in [6, 6.07) is 4.43. The van der Waals surface area contributed by atoms with Crippen LogP contribution in [0.3, 0.4) is 0 Å². The maximum atomic E-state index is 14.5. The van der Waals surface area contributed by atoms with Crippen molar-refractivity contribution in [3.05, 3.63) is 64.5 Å². The van der Waals surface area contributed by atoms with Crippen LogP contribution < -0.4 is 5.73 Å². The molecule has 1 fully saturated rings. The molecule has 1 aromatic carbocycles. The van der Waals surface area contributed by atoms with E-state index in [0.717, 1.165) is 31.2 Å². The van der Waals surface area contributed by atoms with E-state index in [4.69, 9.17) is 5.73 Å². The Hall–Kier alpha value is -2.51. The van der Waals surface area contributed by atoms with Gasteiger partial charge in [-0.15, -0.1) is 0 Å². The van der Waals surface area contributed by atoms with Gasteiger partial charge in [0.1, 0.15) is 22.9 Å². The average Bonchev–Trinajstić information content (AvgIpc) is 3.40. The first-order valence-electron chi connectivity index (χ1n) is 8.46. The molecule has 8 heteroatoms. The van der Waals surface area contributed by atoms with E-state index in [-0.39, 0.29) is 17.9 Å². The van der Waals surface area contributed by atoms with Gasteiger partial charge in [0.25, 0.3) is 5.91 Å². The van der Waals surface area contributed by atoms with Crippen LogP contribution in [0.1, 0.15) is 52.4 Å². The summed E-state index contributed by atoms with van der Waals surface area (Å²) in [6.45, 7) is 0. The van der Waals surface area contributed by atoms with Gasteiger partial charge in [0, 0.05) is 6.20 Å². The molecule has 2 N–H and O–H groups in total. The van der Waals surface area contributed by atoms with Gasteiger partial charge in [-0.2, -0.15) is 13.2 Å². The fraction of sp³-hybridized carbons (Fsp3) is 0.368. The van der Waals surface area contributed by atoms with Gasteiger partial charge in [-0.25, -0.2) is 8.78 Å². The second-order valence-corrected chi connectivity index (χ2v) is 6.81. The molecular formula is C19H17F5N2O. The maximum Gasteiger partial charge on any atom is 0.433 e. The lowest BCUT2D eigenvalue weighted by molar-refractivity contribution is -0.141. The molecule has 1 amide bonds. The Balaban J connectivity index is 1.90. The van der Waals surface area contributed by atoms with Gasteiger partial charge in [0.2, 0.25) is 0 Å². The number of hydrogen-bond donors (Lipinski definition) is 1. The van der Waals surface area contributed by atoms with E-state index in [0.29, 0.717) is 17.9 Å². The molecule has 0 bridgehead atoms. The number of carbonyl (C=O) groups excluding carboxylic acids is 1. The van der Waals surface area contributed by atoms with E-state index in [9.17, 15) is 26.7 Å². The third-order valence-corrected chi connectivity index (χ3v) is 4.75. The molecule has 1 saturated carbocycles. The van der Waals surface area contributed by atoms with Gasteiger partial charge in [0.15, 0.2) is 0 Å². The highest BCUT2D eigenvalue weighted by atomic mass is 19.4. The molecular weight excluding hydrogens is 367 g/mol. The Kier molecular flexibility index (Phi) is 5.17. The van der Waals surface area contributed by atoms with Crippen molar-refractivity contribution in [2.24, 2.45) is 11.7 Å². The third kappa shape index (κ3) is 4.43. The first-order valence-corrected chi connectivity index (χ1v) is 8.46. The van der Waals surface area contributed by atoms with E-state index in [2.05, 4.69) is 4.98 Å². The molecule has 0 spiro atoms. The molecule has 2 aromatic rings. The number of amides is 1. The highest BCUT2D eigenvalue weighted by molar-refractivity contribution is 5.93. The van der Waals surface area contributed by atoms with Gasteiger partial charge in [-0.3, -0.25) is 9.78 Å². The molecule has 1 aliphatic rings. The number of hydrogen-bond acceptors (Lipinski definition) is 2. The second kappa shape index (κ2) is 7.25. The van der Waals surface area contributed by atoms with E-state index in [1.165, 1.54) is 12.1 Å². The monoisotopic (exact) mass is 384 g/mol. The summed E-state index contributed by atoms with van der Waals surface area (Å²) in [5.41, 5.74) is 3.87. The van der Waals surface area contributed by atoms with Crippen molar-refractivity contribution < 1.29 is 26.7 Å². The maximum absolute atomic E-state index is 14.5. The average molecular weight is 384 g/mol. The molecule has 1 unspecified atom stereocenters. The van der Waals surface area contributed by atoms with Crippen molar-refractivity contribution in [3.8, 4) is 0 Å². The lowest BCUT2D eigenvalue weighted by Crippen LogP contribution is -2.17. The van der Waals surface area contributed by atoms with Gasteiger partial charge in [-0.05, 0) is 47.9 Å². The van der Waals surface area contributed by atoms with Gasteiger partial charge in [0.05, 0.1) is 0 Å². The van der Waals surface area contributed by atoms with Crippen LogP contribution in [0, 0.1) is 17.6 Å².